The SMILES string of the molecule is C=CC[N+]1=Cc2[nH]c3ccccc3c2CC1. The Morgan fingerprint density at radius 2 is 2.25 bits per heavy atom. The average Bonchev–Trinajstić information content (AvgIpc) is 2.67. The molecule has 0 amide bonds. The van der Waals surface area contributed by atoms with E-state index in [0.29, 0.717) is 0 Å². The molecule has 0 fully saturated rings. The van der Waals surface area contributed by atoms with Crippen molar-refractivity contribution in [1.82, 2.24) is 4.98 Å². The highest BCUT2D eigenvalue weighted by Crippen LogP contribution is 2.23. The zero-order valence-corrected chi connectivity index (χ0v) is 9.24. The van der Waals surface area contributed by atoms with E-state index >= 15 is 0 Å². The molecule has 1 aromatic heterocycles. The quantitative estimate of drug-likeness (QED) is 0.581. The predicted molar refractivity (Wildman–Crippen MR) is 67.4 cm³/mol. The number of benzene rings is 1. The number of H-pyrrole nitrogens is 1. The molecular weight excluding hydrogens is 196 g/mol. The van der Waals surface area contributed by atoms with E-state index in [1.807, 2.05) is 6.08 Å². The second-order valence-electron chi connectivity index (χ2n) is 4.23. The van der Waals surface area contributed by atoms with Crippen LogP contribution in [0.25, 0.3) is 10.9 Å². The van der Waals surface area contributed by atoms with Crippen LogP contribution in [0.4, 0.5) is 0 Å². The lowest BCUT2D eigenvalue weighted by Crippen LogP contribution is -2.22. The molecule has 16 heavy (non-hydrogen) atoms. The fraction of sp³-hybridized carbons (Fsp3) is 0.214. The lowest BCUT2D eigenvalue weighted by atomic mass is 10.1. The van der Waals surface area contributed by atoms with Crippen molar-refractivity contribution in [3.05, 3.63) is 48.2 Å². The normalized spacial score (nSPS) is 14.6. The summed E-state index contributed by atoms with van der Waals surface area (Å²) in [5.41, 5.74) is 3.95. The molecule has 80 valence electrons. The van der Waals surface area contributed by atoms with Gasteiger partial charge in [0.1, 0.15) is 12.2 Å². The van der Waals surface area contributed by atoms with Crippen LogP contribution in [-0.4, -0.2) is 28.9 Å². The molecule has 0 unspecified atom stereocenters. The lowest BCUT2D eigenvalue weighted by Gasteiger charge is -2.07. The Morgan fingerprint density at radius 1 is 1.38 bits per heavy atom. The van der Waals surface area contributed by atoms with Crippen LogP contribution in [0.1, 0.15) is 11.3 Å². The Bertz CT molecular complexity index is 575. The zero-order chi connectivity index (χ0) is 11.0. The second kappa shape index (κ2) is 3.63. The number of hydrogen-bond acceptors (Lipinski definition) is 0. The standard InChI is InChI=1S/C14H14N2/c1-2-8-16-9-7-12-11-5-3-4-6-13(11)15-14(12)10-16/h2-6,10H,1,7-9H2/p+1. The maximum atomic E-state index is 3.78. The van der Waals surface area contributed by atoms with Crippen molar-refractivity contribution in [3.8, 4) is 0 Å². The molecule has 2 nitrogen and oxygen atoms in total. The fourth-order valence-electron chi connectivity index (χ4n) is 2.41. The van der Waals surface area contributed by atoms with Gasteiger partial charge in [-0.05, 0) is 17.7 Å². The van der Waals surface area contributed by atoms with Gasteiger partial charge in [0.2, 0.25) is 0 Å². The third-order valence-corrected chi connectivity index (χ3v) is 3.17. The van der Waals surface area contributed by atoms with Crippen LogP contribution in [-0.2, 0) is 6.42 Å². The number of para-hydroxylation sites is 1. The maximum absolute atomic E-state index is 3.78. The summed E-state index contributed by atoms with van der Waals surface area (Å²) in [6, 6.07) is 8.51. The number of rotatable bonds is 2. The summed E-state index contributed by atoms with van der Waals surface area (Å²) in [5.74, 6) is 0. The topological polar surface area (TPSA) is 18.8 Å². The van der Waals surface area contributed by atoms with Crippen LogP contribution < -0.4 is 0 Å². The molecule has 1 aromatic carbocycles. The van der Waals surface area contributed by atoms with E-state index in [9.17, 15) is 0 Å². The minimum Gasteiger partial charge on any atom is -0.350 e. The molecule has 1 aliphatic rings. The average molecular weight is 211 g/mol. The van der Waals surface area contributed by atoms with E-state index in [0.717, 1.165) is 19.5 Å². The molecule has 0 aliphatic carbocycles. The molecule has 2 heteroatoms. The Labute approximate surface area is 94.9 Å². The summed E-state index contributed by atoms with van der Waals surface area (Å²) in [6.07, 6.45) is 5.27. The third kappa shape index (κ3) is 1.38. The third-order valence-electron chi connectivity index (χ3n) is 3.17. The van der Waals surface area contributed by atoms with Gasteiger partial charge < -0.3 is 4.98 Å². The van der Waals surface area contributed by atoms with Crippen LogP contribution in [0.2, 0.25) is 0 Å². The second-order valence-corrected chi connectivity index (χ2v) is 4.23. The Kier molecular flexibility index (Phi) is 2.13. The van der Waals surface area contributed by atoms with Crippen molar-refractivity contribution in [2.45, 2.75) is 6.42 Å². The van der Waals surface area contributed by atoms with Gasteiger partial charge in [0.15, 0.2) is 12.8 Å². The molecule has 0 bridgehead atoms. The molecule has 0 spiro atoms. The molecule has 0 saturated heterocycles. The summed E-state index contributed by atoms with van der Waals surface area (Å²) >= 11 is 0. The van der Waals surface area contributed by atoms with Crippen molar-refractivity contribution < 1.29 is 4.58 Å². The van der Waals surface area contributed by atoms with Crippen molar-refractivity contribution in [1.29, 1.82) is 0 Å². The number of aromatic nitrogens is 1. The Morgan fingerprint density at radius 3 is 3.12 bits per heavy atom. The number of hydrogen-bond donors (Lipinski definition) is 1. The van der Waals surface area contributed by atoms with E-state index in [-0.39, 0.29) is 0 Å². The van der Waals surface area contributed by atoms with Crippen molar-refractivity contribution in [2.75, 3.05) is 13.1 Å². The van der Waals surface area contributed by atoms with E-state index in [1.165, 1.54) is 22.2 Å². The summed E-state index contributed by atoms with van der Waals surface area (Å²) in [7, 11) is 0. The smallest absolute Gasteiger partial charge is 0.187 e. The monoisotopic (exact) mass is 211 g/mol. The zero-order valence-electron chi connectivity index (χ0n) is 9.24. The van der Waals surface area contributed by atoms with Gasteiger partial charge in [-0.2, -0.15) is 0 Å². The Balaban J connectivity index is 2.15. The molecule has 1 N–H and O–H groups in total. The molecular formula is C14H15N2+. The first-order valence-corrected chi connectivity index (χ1v) is 5.68. The first-order chi connectivity index (χ1) is 7.88. The van der Waals surface area contributed by atoms with Gasteiger partial charge in [-0.3, -0.25) is 0 Å². The number of nitrogens with zero attached hydrogens (tertiary/aromatic N) is 1. The molecule has 3 rings (SSSR count). The van der Waals surface area contributed by atoms with Crippen molar-refractivity contribution in [2.24, 2.45) is 0 Å². The Hall–Kier alpha value is -1.83. The highest BCUT2D eigenvalue weighted by molar-refractivity contribution is 5.92. The van der Waals surface area contributed by atoms with Crippen LogP contribution in [0.3, 0.4) is 0 Å². The summed E-state index contributed by atoms with van der Waals surface area (Å²) in [5, 5.41) is 1.37. The highest BCUT2D eigenvalue weighted by atomic mass is 15.0. The minimum atomic E-state index is 0.925. The number of aromatic amines is 1. The summed E-state index contributed by atoms with van der Waals surface area (Å²) in [6.45, 7) is 5.79. The van der Waals surface area contributed by atoms with Gasteiger partial charge in [-0.15, -0.1) is 0 Å². The van der Waals surface area contributed by atoms with Crippen LogP contribution >= 0.6 is 0 Å². The molecule has 0 saturated carbocycles. The van der Waals surface area contributed by atoms with Gasteiger partial charge in [-0.1, -0.05) is 24.8 Å². The fourth-order valence-corrected chi connectivity index (χ4v) is 2.41. The van der Waals surface area contributed by atoms with Gasteiger partial charge in [-0.25, -0.2) is 4.58 Å². The lowest BCUT2D eigenvalue weighted by molar-refractivity contribution is -0.513. The maximum Gasteiger partial charge on any atom is 0.187 e. The number of fused-ring (bicyclic) bond motifs is 3. The summed E-state index contributed by atoms with van der Waals surface area (Å²) in [4.78, 5) is 3.47. The molecule has 2 aromatic rings. The van der Waals surface area contributed by atoms with Gasteiger partial charge in [0, 0.05) is 17.3 Å². The molecule has 2 heterocycles. The van der Waals surface area contributed by atoms with Crippen LogP contribution in [0.5, 0.6) is 0 Å². The van der Waals surface area contributed by atoms with Crippen molar-refractivity contribution >= 4 is 17.1 Å². The molecule has 0 atom stereocenters. The first-order valence-electron chi connectivity index (χ1n) is 5.68. The molecule has 1 aliphatic heterocycles. The van der Waals surface area contributed by atoms with Gasteiger partial charge >= 0.3 is 0 Å². The summed E-state index contributed by atoms with van der Waals surface area (Å²) < 4.78 is 2.30. The van der Waals surface area contributed by atoms with E-state index < -0.39 is 0 Å². The van der Waals surface area contributed by atoms with Gasteiger partial charge in [0.25, 0.3) is 0 Å². The van der Waals surface area contributed by atoms with E-state index in [1.54, 1.807) is 0 Å². The first kappa shape index (κ1) is 9.40. The predicted octanol–water partition coefficient (Wildman–Crippen LogP) is 2.34. The highest BCUT2D eigenvalue weighted by Gasteiger charge is 2.18. The van der Waals surface area contributed by atoms with Crippen molar-refractivity contribution in [3.63, 3.8) is 0 Å². The van der Waals surface area contributed by atoms with E-state index in [2.05, 4.69) is 46.6 Å². The van der Waals surface area contributed by atoms with Gasteiger partial charge in [0.05, 0.1) is 0 Å². The largest absolute Gasteiger partial charge is 0.350 e. The number of nitrogens with one attached hydrogen (secondary N) is 1. The van der Waals surface area contributed by atoms with E-state index in [4.69, 9.17) is 0 Å². The van der Waals surface area contributed by atoms with Crippen LogP contribution in [0.15, 0.2) is 36.9 Å². The minimum absolute atomic E-state index is 0.925. The molecule has 0 radical (unpaired) electrons. The van der Waals surface area contributed by atoms with Crippen LogP contribution in [0, 0.1) is 0 Å².